The SMILES string of the molecule is CCCC(C)(C)N1CC(=O)N2CCCCC2C1=O. The first kappa shape index (κ1) is 13.4. The molecule has 2 saturated heterocycles. The molecular weight excluding hydrogens is 228 g/mol. The van der Waals surface area contributed by atoms with Crippen molar-refractivity contribution in [3.05, 3.63) is 0 Å². The predicted octanol–water partition coefficient (Wildman–Crippen LogP) is 1.79. The van der Waals surface area contributed by atoms with Crippen molar-refractivity contribution < 1.29 is 9.59 Å². The molecule has 2 amide bonds. The Kier molecular flexibility index (Phi) is 3.64. The summed E-state index contributed by atoms with van der Waals surface area (Å²) in [6.07, 6.45) is 4.90. The van der Waals surface area contributed by atoms with Crippen LogP contribution in [0.1, 0.15) is 52.9 Å². The molecule has 2 rings (SSSR count). The van der Waals surface area contributed by atoms with Crippen LogP contribution < -0.4 is 0 Å². The second kappa shape index (κ2) is 4.90. The van der Waals surface area contributed by atoms with Gasteiger partial charge in [-0.25, -0.2) is 0 Å². The number of hydrogen-bond donors (Lipinski definition) is 0. The van der Waals surface area contributed by atoms with Gasteiger partial charge in [-0.2, -0.15) is 0 Å². The van der Waals surface area contributed by atoms with Crippen LogP contribution in [0.25, 0.3) is 0 Å². The van der Waals surface area contributed by atoms with Gasteiger partial charge in [-0.3, -0.25) is 9.59 Å². The molecule has 0 aromatic rings. The van der Waals surface area contributed by atoms with Crippen molar-refractivity contribution in [2.75, 3.05) is 13.1 Å². The van der Waals surface area contributed by atoms with Crippen molar-refractivity contribution in [3.63, 3.8) is 0 Å². The first-order chi connectivity index (χ1) is 8.47. The second-order valence-electron chi connectivity index (χ2n) is 6.09. The number of carbonyl (C=O) groups excluding carboxylic acids is 2. The average Bonchev–Trinajstić information content (AvgIpc) is 2.33. The Hall–Kier alpha value is -1.06. The molecule has 0 radical (unpaired) electrons. The second-order valence-corrected chi connectivity index (χ2v) is 6.09. The lowest BCUT2D eigenvalue weighted by molar-refractivity contribution is -0.163. The zero-order valence-electron chi connectivity index (χ0n) is 11.7. The Labute approximate surface area is 109 Å². The zero-order chi connectivity index (χ0) is 13.3. The van der Waals surface area contributed by atoms with Crippen molar-refractivity contribution in [3.8, 4) is 0 Å². The predicted molar refractivity (Wildman–Crippen MR) is 70.1 cm³/mol. The van der Waals surface area contributed by atoms with Gasteiger partial charge >= 0.3 is 0 Å². The van der Waals surface area contributed by atoms with E-state index in [4.69, 9.17) is 0 Å². The number of rotatable bonds is 3. The molecule has 0 aromatic carbocycles. The van der Waals surface area contributed by atoms with Gasteiger partial charge in [-0.1, -0.05) is 13.3 Å². The van der Waals surface area contributed by atoms with Gasteiger partial charge in [0.15, 0.2) is 0 Å². The van der Waals surface area contributed by atoms with E-state index < -0.39 is 0 Å². The number of piperazine rings is 1. The highest BCUT2D eigenvalue weighted by molar-refractivity contribution is 5.95. The molecular formula is C14H24N2O2. The summed E-state index contributed by atoms with van der Waals surface area (Å²) in [6, 6.07) is -0.184. The van der Waals surface area contributed by atoms with Crippen LogP contribution in [-0.2, 0) is 9.59 Å². The highest BCUT2D eigenvalue weighted by Crippen LogP contribution is 2.29. The molecule has 2 fully saturated rings. The molecule has 1 atom stereocenters. The minimum absolute atomic E-state index is 0.128. The highest BCUT2D eigenvalue weighted by Gasteiger charge is 2.44. The minimum atomic E-state index is -0.203. The van der Waals surface area contributed by atoms with Crippen LogP contribution in [0.4, 0.5) is 0 Å². The number of amides is 2. The summed E-state index contributed by atoms with van der Waals surface area (Å²) in [5.74, 6) is 0.288. The number of fused-ring (bicyclic) bond motifs is 1. The summed E-state index contributed by atoms with van der Waals surface area (Å²) in [5, 5.41) is 0. The molecule has 102 valence electrons. The topological polar surface area (TPSA) is 40.6 Å². The molecule has 2 aliphatic rings. The van der Waals surface area contributed by atoms with Gasteiger partial charge in [0.2, 0.25) is 11.8 Å². The largest absolute Gasteiger partial charge is 0.329 e. The van der Waals surface area contributed by atoms with Gasteiger partial charge in [0.1, 0.15) is 12.6 Å². The van der Waals surface area contributed by atoms with E-state index in [0.29, 0.717) is 0 Å². The Bertz CT molecular complexity index is 352. The Morgan fingerprint density at radius 1 is 1.28 bits per heavy atom. The minimum Gasteiger partial charge on any atom is -0.329 e. The highest BCUT2D eigenvalue weighted by atomic mass is 16.2. The van der Waals surface area contributed by atoms with Crippen molar-refractivity contribution in [1.82, 2.24) is 9.80 Å². The maximum absolute atomic E-state index is 12.6. The van der Waals surface area contributed by atoms with Gasteiger partial charge in [0.05, 0.1) is 0 Å². The van der Waals surface area contributed by atoms with Crippen LogP contribution >= 0.6 is 0 Å². The van der Waals surface area contributed by atoms with Crippen molar-refractivity contribution >= 4 is 11.8 Å². The fourth-order valence-corrected chi connectivity index (χ4v) is 3.23. The molecule has 4 nitrogen and oxygen atoms in total. The van der Waals surface area contributed by atoms with Crippen molar-refractivity contribution in [2.45, 2.75) is 64.5 Å². The van der Waals surface area contributed by atoms with Crippen LogP contribution in [0.3, 0.4) is 0 Å². The van der Waals surface area contributed by atoms with E-state index in [1.54, 1.807) is 4.90 Å². The Balaban J connectivity index is 2.19. The quantitative estimate of drug-likeness (QED) is 0.768. The molecule has 0 spiro atoms. The summed E-state index contributed by atoms with van der Waals surface area (Å²) in [5.41, 5.74) is -0.203. The zero-order valence-corrected chi connectivity index (χ0v) is 11.7. The maximum atomic E-state index is 12.6. The molecule has 0 N–H and O–H groups in total. The lowest BCUT2D eigenvalue weighted by Gasteiger charge is -2.48. The van der Waals surface area contributed by atoms with E-state index in [0.717, 1.165) is 38.6 Å². The summed E-state index contributed by atoms with van der Waals surface area (Å²) in [4.78, 5) is 28.3. The molecule has 0 aliphatic carbocycles. The van der Waals surface area contributed by atoms with E-state index >= 15 is 0 Å². The third-order valence-corrected chi connectivity index (χ3v) is 4.26. The fourth-order valence-electron chi connectivity index (χ4n) is 3.23. The Morgan fingerprint density at radius 2 is 2.00 bits per heavy atom. The molecule has 0 bridgehead atoms. The maximum Gasteiger partial charge on any atom is 0.246 e. The molecule has 4 heteroatoms. The normalized spacial score (nSPS) is 25.4. The molecule has 0 aromatic heterocycles. The Morgan fingerprint density at radius 3 is 2.67 bits per heavy atom. The van der Waals surface area contributed by atoms with Crippen LogP contribution in [-0.4, -0.2) is 46.3 Å². The molecule has 1 unspecified atom stereocenters. The fraction of sp³-hybridized carbons (Fsp3) is 0.857. The number of carbonyl (C=O) groups is 2. The van der Waals surface area contributed by atoms with Gasteiger partial charge < -0.3 is 9.80 Å². The van der Waals surface area contributed by atoms with Crippen molar-refractivity contribution in [1.29, 1.82) is 0 Å². The standard InChI is InChI=1S/C14H24N2O2/c1-4-8-14(2,3)16-10-12(17)15-9-6-5-7-11(15)13(16)18/h11H,4-10H2,1-3H3. The van der Waals surface area contributed by atoms with E-state index in [9.17, 15) is 9.59 Å². The van der Waals surface area contributed by atoms with Gasteiger partial charge in [-0.15, -0.1) is 0 Å². The first-order valence-corrected chi connectivity index (χ1v) is 7.08. The summed E-state index contributed by atoms with van der Waals surface area (Å²) in [7, 11) is 0. The third-order valence-electron chi connectivity index (χ3n) is 4.26. The van der Waals surface area contributed by atoms with E-state index in [1.807, 2.05) is 4.90 Å². The molecule has 2 heterocycles. The summed E-state index contributed by atoms with van der Waals surface area (Å²) < 4.78 is 0. The van der Waals surface area contributed by atoms with Crippen molar-refractivity contribution in [2.24, 2.45) is 0 Å². The van der Waals surface area contributed by atoms with Gasteiger partial charge in [-0.05, 0) is 39.5 Å². The average molecular weight is 252 g/mol. The van der Waals surface area contributed by atoms with Crippen LogP contribution in [0.2, 0.25) is 0 Å². The van der Waals surface area contributed by atoms with E-state index in [-0.39, 0.29) is 29.9 Å². The van der Waals surface area contributed by atoms with Crippen LogP contribution in [0, 0.1) is 0 Å². The molecule has 18 heavy (non-hydrogen) atoms. The van der Waals surface area contributed by atoms with E-state index in [2.05, 4.69) is 20.8 Å². The van der Waals surface area contributed by atoms with Crippen LogP contribution in [0.5, 0.6) is 0 Å². The number of hydrogen-bond acceptors (Lipinski definition) is 2. The molecule has 0 saturated carbocycles. The van der Waals surface area contributed by atoms with Gasteiger partial charge in [0.25, 0.3) is 0 Å². The summed E-state index contributed by atoms with van der Waals surface area (Å²) >= 11 is 0. The van der Waals surface area contributed by atoms with E-state index in [1.165, 1.54) is 0 Å². The summed E-state index contributed by atoms with van der Waals surface area (Å²) in [6.45, 7) is 7.28. The third kappa shape index (κ3) is 2.25. The number of piperidine rings is 1. The molecule has 2 aliphatic heterocycles. The monoisotopic (exact) mass is 252 g/mol. The lowest BCUT2D eigenvalue weighted by Crippen LogP contribution is -2.65. The van der Waals surface area contributed by atoms with Crippen LogP contribution in [0.15, 0.2) is 0 Å². The first-order valence-electron chi connectivity index (χ1n) is 7.08. The number of nitrogens with zero attached hydrogens (tertiary/aromatic N) is 2. The smallest absolute Gasteiger partial charge is 0.246 e. The lowest BCUT2D eigenvalue weighted by atomic mass is 9.91. The van der Waals surface area contributed by atoms with Gasteiger partial charge in [0, 0.05) is 12.1 Å².